The summed E-state index contributed by atoms with van der Waals surface area (Å²) in [5.41, 5.74) is 2.31. The minimum absolute atomic E-state index is 0. The molecule has 0 spiro atoms. The number of aromatic amines is 1. The molecular formula is C5H9ClN2. The fraction of sp³-hybridized carbons (Fsp3) is 0.400. The van der Waals surface area contributed by atoms with Gasteiger partial charge in [-0.3, -0.25) is 5.10 Å². The van der Waals surface area contributed by atoms with Crippen LogP contribution >= 0.6 is 12.4 Å². The summed E-state index contributed by atoms with van der Waals surface area (Å²) < 4.78 is 0. The van der Waals surface area contributed by atoms with Crippen LogP contribution in [0.25, 0.3) is 0 Å². The molecule has 8 heavy (non-hydrogen) atoms. The second-order valence-corrected chi connectivity index (χ2v) is 1.65. The molecule has 0 saturated heterocycles. The predicted molar refractivity (Wildman–Crippen MR) is 35.3 cm³/mol. The molecule has 1 N–H and O–H groups in total. The highest BCUT2D eigenvalue weighted by atomic mass is 35.5. The van der Waals surface area contributed by atoms with Crippen LogP contribution in [0.3, 0.4) is 0 Å². The van der Waals surface area contributed by atoms with Crippen LogP contribution in [0.1, 0.15) is 11.3 Å². The van der Waals surface area contributed by atoms with Gasteiger partial charge in [-0.2, -0.15) is 5.10 Å². The molecule has 1 rings (SSSR count). The van der Waals surface area contributed by atoms with Crippen LogP contribution in [0.2, 0.25) is 0 Å². The lowest BCUT2D eigenvalue weighted by Crippen LogP contribution is -1.70. The maximum atomic E-state index is 3.89. The number of rotatable bonds is 0. The Bertz CT molecular complexity index is 143. The van der Waals surface area contributed by atoms with E-state index >= 15 is 0 Å². The number of hydrogen-bond donors (Lipinski definition) is 1. The molecule has 0 atom stereocenters. The molecule has 1 aromatic rings. The third kappa shape index (κ3) is 1.23. The highest BCUT2D eigenvalue weighted by Crippen LogP contribution is 1.96. The first-order valence-electron chi connectivity index (χ1n) is 2.27. The summed E-state index contributed by atoms with van der Waals surface area (Å²) >= 11 is 0. The van der Waals surface area contributed by atoms with Gasteiger partial charge >= 0.3 is 0 Å². The summed E-state index contributed by atoms with van der Waals surface area (Å²) in [6.45, 7) is 4.00. The number of hydrogen-bond acceptors (Lipinski definition) is 1. The molecule has 0 fully saturated rings. The van der Waals surface area contributed by atoms with Crippen molar-refractivity contribution in [2.45, 2.75) is 13.8 Å². The zero-order valence-corrected chi connectivity index (χ0v) is 5.75. The molecule has 0 unspecified atom stereocenters. The normalized spacial score (nSPS) is 8.25. The molecule has 1 aromatic heterocycles. The minimum atomic E-state index is 0. The van der Waals surface area contributed by atoms with E-state index in [1.807, 2.05) is 20.0 Å². The van der Waals surface area contributed by atoms with E-state index in [0.717, 1.165) is 5.69 Å². The first-order chi connectivity index (χ1) is 3.30. The lowest BCUT2D eigenvalue weighted by molar-refractivity contribution is 1.04. The molecule has 0 aliphatic rings. The average molecular weight is 133 g/mol. The van der Waals surface area contributed by atoms with Crippen molar-refractivity contribution in [2.24, 2.45) is 0 Å². The van der Waals surface area contributed by atoms with E-state index < -0.39 is 0 Å². The molecule has 3 heteroatoms. The number of halogens is 1. The van der Waals surface area contributed by atoms with Crippen LogP contribution in [-0.4, -0.2) is 10.2 Å². The maximum Gasteiger partial charge on any atom is 0.0620 e. The molecule has 0 amide bonds. The van der Waals surface area contributed by atoms with E-state index in [1.54, 1.807) is 0 Å². The largest absolute Gasteiger partial charge is 0.285 e. The van der Waals surface area contributed by atoms with Crippen molar-refractivity contribution >= 4 is 12.4 Å². The van der Waals surface area contributed by atoms with Gasteiger partial charge in [0.2, 0.25) is 0 Å². The summed E-state index contributed by atoms with van der Waals surface area (Å²) in [6, 6.07) is 0. The van der Waals surface area contributed by atoms with E-state index in [4.69, 9.17) is 0 Å². The second-order valence-electron chi connectivity index (χ2n) is 1.65. The van der Waals surface area contributed by atoms with Crippen molar-refractivity contribution in [3.63, 3.8) is 0 Å². The van der Waals surface area contributed by atoms with Crippen molar-refractivity contribution in [1.82, 2.24) is 10.2 Å². The van der Waals surface area contributed by atoms with Crippen molar-refractivity contribution in [3.8, 4) is 0 Å². The van der Waals surface area contributed by atoms with E-state index in [2.05, 4.69) is 10.2 Å². The van der Waals surface area contributed by atoms with Gasteiger partial charge in [0, 0.05) is 6.20 Å². The molecule has 2 nitrogen and oxygen atoms in total. The second kappa shape index (κ2) is 2.72. The van der Waals surface area contributed by atoms with Gasteiger partial charge in [0.05, 0.1) is 5.69 Å². The SMILES string of the molecule is Cc1c[nH]nc1C.Cl. The lowest BCUT2D eigenvalue weighted by atomic mass is 10.3. The molecule has 0 aliphatic carbocycles. The molecular weight excluding hydrogens is 124 g/mol. The zero-order valence-electron chi connectivity index (χ0n) is 4.93. The zero-order chi connectivity index (χ0) is 5.28. The Morgan fingerprint density at radius 2 is 2.12 bits per heavy atom. The van der Waals surface area contributed by atoms with Gasteiger partial charge < -0.3 is 0 Å². The number of nitrogens with zero attached hydrogens (tertiary/aromatic N) is 1. The monoisotopic (exact) mass is 132 g/mol. The predicted octanol–water partition coefficient (Wildman–Crippen LogP) is 1.45. The van der Waals surface area contributed by atoms with Crippen molar-refractivity contribution in [1.29, 1.82) is 0 Å². The minimum Gasteiger partial charge on any atom is -0.285 e. The Morgan fingerprint density at radius 1 is 1.50 bits per heavy atom. The molecule has 0 aliphatic heterocycles. The van der Waals surface area contributed by atoms with Gasteiger partial charge in [-0.15, -0.1) is 12.4 Å². The molecule has 0 bridgehead atoms. The van der Waals surface area contributed by atoms with Crippen LogP contribution in [0, 0.1) is 13.8 Å². The van der Waals surface area contributed by atoms with Crippen molar-refractivity contribution in [2.75, 3.05) is 0 Å². The van der Waals surface area contributed by atoms with Crippen LogP contribution < -0.4 is 0 Å². The Kier molecular flexibility index (Phi) is 2.55. The third-order valence-electron chi connectivity index (χ3n) is 1.08. The number of nitrogens with one attached hydrogen (secondary N) is 1. The Labute approximate surface area is 54.7 Å². The molecule has 46 valence electrons. The van der Waals surface area contributed by atoms with Crippen LogP contribution in [-0.2, 0) is 0 Å². The van der Waals surface area contributed by atoms with E-state index in [-0.39, 0.29) is 12.4 Å². The van der Waals surface area contributed by atoms with Gasteiger partial charge in [-0.1, -0.05) is 0 Å². The fourth-order valence-electron chi connectivity index (χ4n) is 0.419. The lowest BCUT2D eigenvalue weighted by Gasteiger charge is -1.76. The third-order valence-corrected chi connectivity index (χ3v) is 1.08. The van der Waals surface area contributed by atoms with Crippen molar-refractivity contribution < 1.29 is 0 Å². The van der Waals surface area contributed by atoms with Gasteiger partial charge in [0.1, 0.15) is 0 Å². The standard InChI is InChI=1S/C5H8N2.ClH/c1-4-3-6-7-5(4)2;/h3H,1-2H3,(H,6,7);1H. The first-order valence-corrected chi connectivity index (χ1v) is 2.27. The quantitative estimate of drug-likeness (QED) is 0.569. The topological polar surface area (TPSA) is 28.7 Å². The van der Waals surface area contributed by atoms with Gasteiger partial charge in [0.15, 0.2) is 0 Å². The average Bonchev–Trinajstić information content (AvgIpc) is 1.91. The Hall–Kier alpha value is -0.500. The van der Waals surface area contributed by atoms with E-state index in [0.29, 0.717) is 0 Å². The molecule has 1 heterocycles. The summed E-state index contributed by atoms with van der Waals surface area (Å²) in [4.78, 5) is 0. The Balaban J connectivity index is 0.000000490. The van der Waals surface area contributed by atoms with E-state index in [9.17, 15) is 0 Å². The van der Waals surface area contributed by atoms with Gasteiger partial charge in [0.25, 0.3) is 0 Å². The Morgan fingerprint density at radius 3 is 2.25 bits per heavy atom. The van der Waals surface area contributed by atoms with E-state index in [1.165, 1.54) is 5.56 Å². The molecule has 0 aromatic carbocycles. The highest BCUT2D eigenvalue weighted by molar-refractivity contribution is 5.85. The number of aryl methyl sites for hydroxylation is 2. The number of H-pyrrole nitrogens is 1. The van der Waals surface area contributed by atoms with Crippen molar-refractivity contribution in [3.05, 3.63) is 17.5 Å². The smallest absolute Gasteiger partial charge is 0.0620 e. The van der Waals surface area contributed by atoms with Crippen LogP contribution in [0.5, 0.6) is 0 Å². The van der Waals surface area contributed by atoms with Crippen LogP contribution in [0.15, 0.2) is 6.20 Å². The van der Waals surface area contributed by atoms with Gasteiger partial charge in [-0.05, 0) is 19.4 Å². The summed E-state index contributed by atoms with van der Waals surface area (Å²) in [7, 11) is 0. The summed E-state index contributed by atoms with van der Waals surface area (Å²) in [5.74, 6) is 0. The molecule has 0 saturated carbocycles. The highest BCUT2D eigenvalue weighted by Gasteiger charge is 1.87. The number of aromatic nitrogens is 2. The molecule has 0 radical (unpaired) electrons. The van der Waals surface area contributed by atoms with Crippen LogP contribution in [0.4, 0.5) is 0 Å². The van der Waals surface area contributed by atoms with Gasteiger partial charge in [-0.25, -0.2) is 0 Å². The summed E-state index contributed by atoms with van der Waals surface area (Å²) in [5, 5.41) is 6.64. The maximum absolute atomic E-state index is 3.89. The summed E-state index contributed by atoms with van der Waals surface area (Å²) in [6.07, 6.45) is 1.88. The fourth-order valence-corrected chi connectivity index (χ4v) is 0.419. The first kappa shape index (κ1) is 7.50.